The molecule has 1 fully saturated rings. The van der Waals surface area contributed by atoms with Gasteiger partial charge in [0.15, 0.2) is 11.5 Å². The first-order valence-corrected chi connectivity index (χ1v) is 9.35. The van der Waals surface area contributed by atoms with Crippen LogP contribution in [0.5, 0.6) is 11.5 Å². The van der Waals surface area contributed by atoms with Crippen LogP contribution in [0.15, 0.2) is 35.7 Å². The van der Waals surface area contributed by atoms with Crippen molar-refractivity contribution in [1.29, 1.82) is 0 Å². The summed E-state index contributed by atoms with van der Waals surface area (Å²) in [5, 5.41) is 12.2. The highest BCUT2D eigenvalue weighted by Gasteiger charge is 2.40. The number of aliphatic hydroxyl groups excluding tert-OH is 1. The van der Waals surface area contributed by atoms with E-state index in [9.17, 15) is 18.3 Å². The van der Waals surface area contributed by atoms with Crippen molar-refractivity contribution in [3.63, 3.8) is 0 Å². The van der Waals surface area contributed by atoms with Crippen molar-refractivity contribution < 1.29 is 27.8 Å². The number of aliphatic hydroxyl groups is 1. The van der Waals surface area contributed by atoms with E-state index < -0.39 is 16.1 Å². The van der Waals surface area contributed by atoms with E-state index >= 15 is 0 Å². The molecule has 8 nitrogen and oxygen atoms in total. The predicted molar refractivity (Wildman–Crippen MR) is 88.9 cm³/mol. The standard InChI is InChI=1S/C16H20N2O6S/c1-2-16(20)17-11-7-12(10-19)18(9-11)25(21,22)13-3-4-14-15(8-13)24-6-5-23-14/h2-4,8,11-12,19H,1,5-7,9-10H2,(H,17,20). The lowest BCUT2D eigenvalue weighted by Gasteiger charge is -2.24. The molecule has 2 atom stereocenters. The average Bonchev–Trinajstić information content (AvgIpc) is 3.04. The number of hydrogen-bond donors (Lipinski definition) is 2. The molecule has 2 aliphatic heterocycles. The average molecular weight is 368 g/mol. The fourth-order valence-corrected chi connectivity index (χ4v) is 4.72. The molecule has 25 heavy (non-hydrogen) atoms. The zero-order valence-electron chi connectivity index (χ0n) is 13.6. The molecule has 2 unspecified atom stereocenters. The molecule has 0 radical (unpaired) electrons. The fourth-order valence-electron chi connectivity index (χ4n) is 3.03. The van der Waals surface area contributed by atoms with Crippen LogP contribution in [0.2, 0.25) is 0 Å². The molecule has 1 aromatic carbocycles. The van der Waals surface area contributed by atoms with Gasteiger partial charge in [0.25, 0.3) is 0 Å². The Hall–Kier alpha value is -2.10. The molecule has 0 saturated carbocycles. The molecular weight excluding hydrogens is 348 g/mol. The summed E-state index contributed by atoms with van der Waals surface area (Å²) in [6, 6.07) is 3.45. The van der Waals surface area contributed by atoms with E-state index in [1.165, 1.54) is 16.4 Å². The second-order valence-electron chi connectivity index (χ2n) is 5.86. The second kappa shape index (κ2) is 7.03. The van der Waals surface area contributed by atoms with Crippen molar-refractivity contribution >= 4 is 15.9 Å². The summed E-state index contributed by atoms with van der Waals surface area (Å²) in [6.07, 6.45) is 1.46. The normalized spacial score (nSPS) is 23.2. The minimum atomic E-state index is -3.85. The molecule has 2 heterocycles. The van der Waals surface area contributed by atoms with Gasteiger partial charge in [-0.2, -0.15) is 4.31 Å². The van der Waals surface area contributed by atoms with Gasteiger partial charge >= 0.3 is 0 Å². The molecule has 9 heteroatoms. The Kier molecular flexibility index (Phi) is 4.98. The Morgan fingerprint density at radius 2 is 2.08 bits per heavy atom. The van der Waals surface area contributed by atoms with Crippen molar-refractivity contribution in [2.45, 2.75) is 23.4 Å². The van der Waals surface area contributed by atoms with Crippen LogP contribution in [-0.4, -0.2) is 62.2 Å². The van der Waals surface area contributed by atoms with Crippen molar-refractivity contribution in [1.82, 2.24) is 9.62 Å². The van der Waals surface area contributed by atoms with E-state index in [4.69, 9.17) is 9.47 Å². The van der Waals surface area contributed by atoms with Crippen LogP contribution in [0.3, 0.4) is 0 Å². The number of carbonyl (C=O) groups excluding carboxylic acids is 1. The fraction of sp³-hybridized carbons (Fsp3) is 0.438. The smallest absolute Gasteiger partial charge is 0.243 e. The number of nitrogens with zero attached hydrogens (tertiary/aromatic N) is 1. The van der Waals surface area contributed by atoms with Crippen LogP contribution in [0.4, 0.5) is 0 Å². The summed E-state index contributed by atoms with van der Waals surface area (Å²) >= 11 is 0. The number of carbonyl (C=O) groups is 1. The third-order valence-corrected chi connectivity index (χ3v) is 6.14. The minimum Gasteiger partial charge on any atom is -0.486 e. The Morgan fingerprint density at radius 1 is 1.36 bits per heavy atom. The van der Waals surface area contributed by atoms with E-state index in [2.05, 4.69) is 11.9 Å². The predicted octanol–water partition coefficient (Wildman–Crippen LogP) is -0.116. The Bertz CT molecular complexity index is 779. The number of hydrogen-bond acceptors (Lipinski definition) is 6. The molecule has 2 N–H and O–H groups in total. The number of fused-ring (bicyclic) bond motifs is 1. The van der Waals surface area contributed by atoms with Gasteiger partial charge in [-0.3, -0.25) is 4.79 Å². The summed E-state index contributed by atoms with van der Waals surface area (Å²) in [5.74, 6) is 0.505. The number of ether oxygens (including phenoxy) is 2. The third-order valence-electron chi connectivity index (χ3n) is 4.23. The van der Waals surface area contributed by atoms with Crippen LogP contribution in [-0.2, 0) is 14.8 Å². The Labute approximate surface area is 146 Å². The van der Waals surface area contributed by atoms with Gasteiger partial charge in [0, 0.05) is 18.7 Å². The topological polar surface area (TPSA) is 105 Å². The van der Waals surface area contributed by atoms with Gasteiger partial charge in [0.2, 0.25) is 15.9 Å². The van der Waals surface area contributed by atoms with Crippen LogP contribution in [0.1, 0.15) is 6.42 Å². The molecule has 1 aromatic rings. The maximum absolute atomic E-state index is 13.0. The largest absolute Gasteiger partial charge is 0.486 e. The number of sulfonamides is 1. The van der Waals surface area contributed by atoms with Gasteiger partial charge in [0.05, 0.1) is 17.5 Å². The van der Waals surface area contributed by atoms with E-state index in [-0.39, 0.29) is 30.0 Å². The van der Waals surface area contributed by atoms with E-state index in [1.54, 1.807) is 6.07 Å². The summed E-state index contributed by atoms with van der Waals surface area (Å²) in [4.78, 5) is 11.5. The second-order valence-corrected chi connectivity index (χ2v) is 7.75. The highest BCUT2D eigenvalue weighted by molar-refractivity contribution is 7.89. The SMILES string of the molecule is C=CC(=O)NC1CC(CO)N(S(=O)(=O)c2ccc3c(c2)OCCO3)C1. The van der Waals surface area contributed by atoms with Gasteiger partial charge in [-0.1, -0.05) is 6.58 Å². The van der Waals surface area contributed by atoms with Crippen LogP contribution >= 0.6 is 0 Å². The maximum atomic E-state index is 13.0. The van der Waals surface area contributed by atoms with Gasteiger partial charge in [-0.15, -0.1) is 0 Å². The van der Waals surface area contributed by atoms with Crippen molar-refractivity contribution in [3.8, 4) is 11.5 Å². The third kappa shape index (κ3) is 3.48. The van der Waals surface area contributed by atoms with Crippen molar-refractivity contribution in [2.75, 3.05) is 26.4 Å². The van der Waals surface area contributed by atoms with Gasteiger partial charge < -0.3 is 19.9 Å². The first-order valence-electron chi connectivity index (χ1n) is 7.91. The van der Waals surface area contributed by atoms with Gasteiger partial charge in [-0.25, -0.2) is 8.42 Å². The zero-order chi connectivity index (χ0) is 18.0. The number of nitrogens with one attached hydrogen (secondary N) is 1. The highest BCUT2D eigenvalue weighted by atomic mass is 32.2. The zero-order valence-corrected chi connectivity index (χ0v) is 14.4. The minimum absolute atomic E-state index is 0.0610. The molecular formula is C16H20N2O6S. The highest BCUT2D eigenvalue weighted by Crippen LogP contribution is 2.34. The van der Waals surface area contributed by atoms with Crippen molar-refractivity contribution in [2.24, 2.45) is 0 Å². The Morgan fingerprint density at radius 3 is 2.76 bits per heavy atom. The summed E-state index contributed by atoms with van der Waals surface area (Å²) in [7, 11) is -3.85. The van der Waals surface area contributed by atoms with Crippen LogP contribution in [0.25, 0.3) is 0 Å². The van der Waals surface area contributed by atoms with Gasteiger partial charge in [-0.05, 0) is 24.6 Å². The van der Waals surface area contributed by atoms with E-state index in [0.717, 1.165) is 6.08 Å². The summed E-state index contributed by atoms with van der Waals surface area (Å²) in [5.41, 5.74) is 0. The molecule has 2 aliphatic rings. The number of benzene rings is 1. The van der Waals surface area contributed by atoms with E-state index in [0.29, 0.717) is 31.1 Å². The lowest BCUT2D eigenvalue weighted by Crippen LogP contribution is -2.39. The first kappa shape index (κ1) is 17.7. The molecule has 0 spiro atoms. The quantitative estimate of drug-likeness (QED) is 0.703. The molecule has 1 saturated heterocycles. The molecule has 0 aromatic heterocycles. The molecule has 0 bridgehead atoms. The maximum Gasteiger partial charge on any atom is 0.243 e. The van der Waals surface area contributed by atoms with E-state index in [1.807, 2.05) is 0 Å². The first-order chi connectivity index (χ1) is 12.0. The van der Waals surface area contributed by atoms with Crippen LogP contribution < -0.4 is 14.8 Å². The van der Waals surface area contributed by atoms with Crippen LogP contribution in [0, 0.1) is 0 Å². The van der Waals surface area contributed by atoms with Gasteiger partial charge in [0.1, 0.15) is 13.2 Å². The lowest BCUT2D eigenvalue weighted by atomic mass is 10.2. The van der Waals surface area contributed by atoms with Crippen molar-refractivity contribution in [3.05, 3.63) is 30.9 Å². The molecule has 3 rings (SSSR count). The summed E-state index contributed by atoms with van der Waals surface area (Å²) < 4.78 is 38.0. The Balaban J connectivity index is 1.85. The molecule has 136 valence electrons. The molecule has 0 aliphatic carbocycles. The number of amides is 1. The number of rotatable bonds is 5. The molecule has 1 amide bonds. The monoisotopic (exact) mass is 368 g/mol. The lowest BCUT2D eigenvalue weighted by molar-refractivity contribution is -0.117. The summed E-state index contributed by atoms with van der Waals surface area (Å²) in [6.45, 7) is 3.91.